The Labute approximate surface area is 108 Å². The highest BCUT2D eigenvalue weighted by atomic mass is 79.9. The summed E-state index contributed by atoms with van der Waals surface area (Å²) in [5, 5.41) is 0. The second kappa shape index (κ2) is 5.83. The molecule has 0 radical (unpaired) electrons. The lowest BCUT2D eigenvalue weighted by Gasteiger charge is -2.14. The van der Waals surface area contributed by atoms with Gasteiger partial charge in [-0.05, 0) is 37.5 Å². The Balaban J connectivity index is 2.73. The zero-order valence-electron chi connectivity index (χ0n) is 8.76. The van der Waals surface area contributed by atoms with Crippen molar-refractivity contribution in [2.45, 2.75) is 25.8 Å². The zero-order valence-corrected chi connectivity index (χ0v) is 11.9. The van der Waals surface area contributed by atoms with Crippen LogP contribution in [0.25, 0.3) is 0 Å². The Kier molecular flexibility index (Phi) is 5.03. The van der Waals surface area contributed by atoms with Gasteiger partial charge in [0.05, 0.1) is 0 Å². The van der Waals surface area contributed by atoms with E-state index in [0.29, 0.717) is 0 Å². The first-order valence-corrected chi connectivity index (χ1v) is 6.44. The summed E-state index contributed by atoms with van der Waals surface area (Å²) in [5.74, 6) is 0. The number of nitrogens with two attached hydrogens (primary N) is 1. The van der Waals surface area contributed by atoms with Crippen LogP contribution in [0.2, 0.25) is 0 Å². The van der Waals surface area contributed by atoms with Crippen LogP contribution in [-0.4, -0.2) is 0 Å². The van der Waals surface area contributed by atoms with E-state index < -0.39 is 0 Å². The molecule has 0 aromatic heterocycles. The molecule has 2 N–H and O–H groups in total. The van der Waals surface area contributed by atoms with E-state index in [9.17, 15) is 0 Å². The highest BCUT2D eigenvalue weighted by Crippen LogP contribution is 2.28. The van der Waals surface area contributed by atoms with Crippen LogP contribution in [0.15, 0.2) is 39.3 Å². The average molecular weight is 333 g/mol. The molecule has 0 heterocycles. The third-order valence-electron chi connectivity index (χ3n) is 2.24. The molecule has 82 valence electrons. The molecule has 0 amide bonds. The molecule has 1 nitrogen and oxygen atoms in total. The Morgan fingerprint density at radius 2 is 2.13 bits per heavy atom. The maximum atomic E-state index is 6.11. The molecule has 0 aliphatic heterocycles. The Morgan fingerprint density at radius 3 is 2.67 bits per heavy atom. The standard InChI is InChI=1S/C12H15Br2N/c1-8(2)3-6-12(15)10-5-4-9(13)7-11(10)14/h4-5,7,12H,1,3,6,15H2,2H3. The number of halogens is 2. The molecular formula is C12H15Br2N. The maximum Gasteiger partial charge on any atom is 0.0309 e. The van der Waals surface area contributed by atoms with Gasteiger partial charge in [-0.3, -0.25) is 0 Å². The number of hydrogen-bond donors (Lipinski definition) is 1. The first-order chi connectivity index (χ1) is 7.00. The highest BCUT2D eigenvalue weighted by Gasteiger charge is 2.09. The minimum atomic E-state index is 0.0733. The Hall–Kier alpha value is -0.120. The lowest BCUT2D eigenvalue weighted by Crippen LogP contribution is -2.10. The summed E-state index contributed by atoms with van der Waals surface area (Å²) in [6.45, 7) is 5.91. The van der Waals surface area contributed by atoms with Crippen molar-refractivity contribution in [2.75, 3.05) is 0 Å². The van der Waals surface area contributed by atoms with E-state index in [-0.39, 0.29) is 6.04 Å². The van der Waals surface area contributed by atoms with Crippen molar-refractivity contribution in [2.24, 2.45) is 5.73 Å². The molecule has 0 aliphatic rings. The molecule has 1 unspecified atom stereocenters. The van der Waals surface area contributed by atoms with Crippen molar-refractivity contribution in [3.8, 4) is 0 Å². The van der Waals surface area contributed by atoms with Gasteiger partial charge in [0.1, 0.15) is 0 Å². The van der Waals surface area contributed by atoms with Gasteiger partial charge in [0.15, 0.2) is 0 Å². The van der Waals surface area contributed by atoms with Crippen molar-refractivity contribution in [3.05, 3.63) is 44.9 Å². The lowest BCUT2D eigenvalue weighted by molar-refractivity contribution is 0.646. The van der Waals surface area contributed by atoms with E-state index >= 15 is 0 Å². The van der Waals surface area contributed by atoms with Gasteiger partial charge in [-0.2, -0.15) is 0 Å². The Bertz CT molecular complexity index is 361. The molecule has 1 aromatic carbocycles. The van der Waals surface area contributed by atoms with E-state index in [1.54, 1.807) is 0 Å². The second-order valence-electron chi connectivity index (χ2n) is 3.77. The molecule has 0 spiro atoms. The molecule has 0 fully saturated rings. The van der Waals surface area contributed by atoms with Crippen molar-refractivity contribution < 1.29 is 0 Å². The van der Waals surface area contributed by atoms with E-state index in [1.165, 1.54) is 5.57 Å². The van der Waals surface area contributed by atoms with Crippen LogP contribution >= 0.6 is 31.9 Å². The molecular weight excluding hydrogens is 318 g/mol. The van der Waals surface area contributed by atoms with E-state index in [4.69, 9.17) is 5.73 Å². The van der Waals surface area contributed by atoms with Crippen LogP contribution in [0.4, 0.5) is 0 Å². The largest absolute Gasteiger partial charge is 0.324 e. The van der Waals surface area contributed by atoms with Crippen LogP contribution in [0.3, 0.4) is 0 Å². The lowest BCUT2D eigenvalue weighted by atomic mass is 10.0. The fraction of sp³-hybridized carbons (Fsp3) is 0.333. The normalized spacial score (nSPS) is 12.5. The first kappa shape index (κ1) is 12.9. The number of hydrogen-bond acceptors (Lipinski definition) is 1. The number of allylic oxidation sites excluding steroid dienone is 1. The molecule has 0 saturated heterocycles. The molecule has 1 aromatic rings. The van der Waals surface area contributed by atoms with Gasteiger partial charge < -0.3 is 5.73 Å². The van der Waals surface area contributed by atoms with Crippen LogP contribution < -0.4 is 5.73 Å². The van der Waals surface area contributed by atoms with Crippen molar-refractivity contribution in [3.63, 3.8) is 0 Å². The van der Waals surface area contributed by atoms with E-state index in [0.717, 1.165) is 27.4 Å². The van der Waals surface area contributed by atoms with Crippen LogP contribution in [0.5, 0.6) is 0 Å². The van der Waals surface area contributed by atoms with Gasteiger partial charge in [0.2, 0.25) is 0 Å². The molecule has 1 atom stereocenters. The summed E-state index contributed by atoms with van der Waals surface area (Å²) in [5.41, 5.74) is 8.44. The quantitative estimate of drug-likeness (QED) is 0.803. The summed E-state index contributed by atoms with van der Waals surface area (Å²) in [6, 6.07) is 6.16. The smallest absolute Gasteiger partial charge is 0.0309 e. The topological polar surface area (TPSA) is 26.0 Å². The summed E-state index contributed by atoms with van der Waals surface area (Å²) >= 11 is 6.94. The Morgan fingerprint density at radius 1 is 1.47 bits per heavy atom. The fourth-order valence-electron chi connectivity index (χ4n) is 1.36. The predicted molar refractivity (Wildman–Crippen MR) is 72.8 cm³/mol. The predicted octanol–water partition coefficient (Wildman–Crippen LogP) is 4.57. The second-order valence-corrected chi connectivity index (χ2v) is 5.54. The van der Waals surface area contributed by atoms with Crippen molar-refractivity contribution in [1.29, 1.82) is 0 Å². The third-order valence-corrected chi connectivity index (χ3v) is 3.42. The van der Waals surface area contributed by atoms with Gasteiger partial charge in [-0.1, -0.05) is 43.5 Å². The van der Waals surface area contributed by atoms with Gasteiger partial charge >= 0.3 is 0 Å². The molecule has 15 heavy (non-hydrogen) atoms. The van der Waals surface area contributed by atoms with E-state index in [1.807, 2.05) is 19.1 Å². The SMILES string of the molecule is C=C(C)CCC(N)c1ccc(Br)cc1Br. The van der Waals surface area contributed by atoms with Crippen LogP contribution in [-0.2, 0) is 0 Å². The molecule has 0 saturated carbocycles. The van der Waals surface area contributed by atoms with Gasteiger partial charge in [0.25, 0.3) is 0 Å². The minimum absolute atomic E-state index is 0.0733. The third kappa shape index (κ3) is 4.09. The number of benzene rings is 1. The van der Waals surface area contributed by atoms with Crippen LogP contribution in [0, 0.1) is 0 Å². The molecule has 0 aliphatic carbocycles. The average Bonchev–Trinajstić information content (AvgIpc) is 2.14. The number of rotatable bonds is 4. The first-order valence-electron chi connectivity index (χ1n) is 4.85. The molecule has 1 rings (SSSR count). The highest BCUT2D eigenvalue weighted by molar-refractivity contribution is 9.11. The van der Waals surface area contributed by atoms with Gasteiger partial charge in [-0.25, -0.2) is 0 Å². The molecule has 0 bridgehead atoms. The summed E-state index contributed by atoms with van der Waals surface area (Å²) in [6.07, 6.45) is 1.92. The maximum absolute atomic E-state index is 6.11. The minimum Gasteiger partial charge on any atom is -0.324 e. The summed E-state index contributed by atoms with van der Waals surface area (Å²) in [4.78, 5) is 0. The monoisotopic (exact) mass is 331 g/mol. The van der Waals surface area contributed by atoms with Crippen LogP contribution in [0.1, 0.15) is 31.4 Å². The van der Waals surface area contributed by atoms with E-state index in [2.05, 4.69) is 44.5 Å². The van der Waals surface area contributed by atoms with Gasteiger partial charge in [0, 0.05) is 15.0 Å². The molecule has 3 heteroatoms. The summed E-state index contributed by atoms with van der Waals surface area (Å²) in [7, 11) is 0. The van der Waals surface area contributed by atoms with Crippen molar-refractivity contribution in [1.82, 2.24) is 0 Å². The zero-order chi connectivity index (χ0) is 11.4. The summed E-state index contributed by atoms with van der Waals surface area (Å²) < 4.78 is 2.12. The fourth-order valence-corrected chi connectivity index (χ4v) is 2.70. The van der Waals surface area contributed by atoms with Crippen molar-refractivity contribution >= 4 is 31.9 Å². The van der Waals surface area contributed by atoms with Gasteiger partial charge in [-0.15, -0.1) is 6.58 Å².